The highest BCUT2D eigenvalue weighted by atomic mass is 32.2. The van der Waals surface area contributed by atoms with Crippen molar-refractivity contribution >= 4 is 35.0 Å². The molecule has 1 aromatic heterocycles. The van der Waals surface area contributed by atoms with Gasteiger partial charge in [0.15, 0.2) is 5.16 Å². The largest absolute Gasteiger partial charge is 0.324 e. The molecule has 2 aromatic carbocycles. The van der Waals surface area contributed by atoms with Gasteiger partial charge in [0, 0.05) is 23.9 Å². The number of aromatic nitrogens is 3. The van der Waals surface area contributed by atoms with Crippen LogP contribution in [0.2, 0.25) is 0 Å². The van der Waals surface area contributed by atoms with Gasteiger partial charge in [-0.05, 0) is 29.8 Å². The second-order valence-electron chi connectivity index (χ2n) is 5.57. The molecule has 0 aliphatic carbocycles. The SMILES string of the molecule is CC(=O)Nc1cc(NC(=O)c2ccccc2CSc2ncn[nH]2)ccc1F. The van der Waals surface area contributed by atoms with E-state index in [-0.39, 0.29) is 11.6 Å². The molecule has 3 N–H and O–H groups in total. The highest BCUT2D eigenvalue weighted by Gasteiger charge is 2.13. The maximum atomic E-state index is 13.7. The van der Waals surface area contributed by atoms with Crippen LogP contribution in [0.15, 0.2) is 53.9 Å². The second-order valence-corrected chi connectivity index (χ2v) is 6.53. The first kappa shape index (κ1) is 18.6. The van der Waals surface area contributed by atoms with Crippen molar-refractivity contribution in [2.24, 2.45) is 0 Å². The van der Waals surface area contributed by atoms with Gasteiger partial charge in [0.1, 0.15) is 12.1 Å². The van der Waals surface area contributed by atoms with Crippen molar-refractivity contribution < 1.29 is 14.0 Å². The van der Waals surface area contributed by atoms with Gasteiger partial charge in [-0.15, -0.1) is 0 Å². The number of anilines is 2. The Morgan fingerprint density at radius 1 is 1.19 bits per heavy atom. The molecule has 2 amide bonds. The fraction of sp³-hybridized carbons (Fsp3) is 0.111. The van der Waals surface area contributed by atoms with Gasteiger partial charge < -0.3 is 10.6 Å². The summed E-state index contributed by atoms with van der Waals surface area (Å²) in [4.78, 5) is 27.9. The van der Waals surface area contributed by atoms with E-state index >= 15 is 0 Å². The number of benzene rings is 2. The van der Waals surface area contributed by atoms with Gasteiger partial charge in [0.2, 0.25) is 5.91 Å². The molecule has 0 unspecified atom stereocenters. The normalized spacial score (nSPS) is 10.4. The van der Waals surface area contributed by atoms with E-state index in [2.05, 4.69) is 25.8 Å². The van der Waals surface area contributed by atoms with E-state index in [9.17, 15) is 14.0 Å². The van der Waals surface area contributed by atoms with Crippen molar-refractivity contribution in [3.8, 4) is 0 Å². The summed E-state index contributed by atoms with van der Waals surface area (Å²) in [6, 6.07) is 11.2. The van der Waals surface area contributed by atoms with Crippen LogP contribution in [0.1, 0.15) is 22.8 Å². The number of carbonyl (C=O) groups excluding carboxylic acids is 2. The van der Waals surface area contributed by atoms with Crippen LogP contribution in [0.5, 0.6) is 0 Å². The number of thioether (sulfide) groups is 1. The molecule has 0 spiro atoms. The molecule has 0 radical (unpaired) electrons. The van der Waals surface area contributed by atoms with Crippen LogP contribution in [0.25, 0.3) is 0 Å². The summed E-state index contributed by atoms with van der Waals surface area (Å²) in [5.41, 5.74) is 1.70. The van der Waals surface area contributed by atoms with Gasteiger partial charge in [-0.3, -0.25) is 14.7 Å². The van der Waals surface area contributed by atoms with Crippen LogP contribution in [0.4, 0.5) is 15.8 Å². The Morgan fingerprint density at radius 3 is 2.74 bits per heavy atom. The summed E-state index contributed by atoms with van der Waals surface area (Å²) < 4.78 is 13.7. The molecular weight excluding hydrogens is 369 g/mol. The number of nitrogens with one attached hydrogen (secondary N) is 3. The molecule has 7 nitrogen and oxygen atoms in total. The predicted molar refractivity (Wildman–Crippen MR) is 101 cm³/mol. The number of hydrogen-bond acceptors (Lipinski definition) is 5. The van der Waals surface area contributed by atoms with E-state index in [4.69, 9.17) is 0 Å². The molecule has 27 heavy (non-hydrogen) atoms. The lowest BCUT2D eigenvalue weighted by molar-refractivity contribution is -0.114. The molecule has 0 fully saturated rings. The minimum Gasteiger partial charge on any atom is -0.324 e. The zero-order chi connectivity index (χ0) is 19.2. The van der Waals surface area contributed by atoms with E-state index in [1.54, 1.807) is 12.1 Å². The van der Waals surface area contributed by atoms with Crippen molar-refractivity contribution in [3.63, 3.8) is 0 Å². The average molecular weight is 385 g/mol. The number of hydrogen-bond donors (Lipinski definition) is 3. The molecule has 0 atom stereocenters. The van der Waals surface area contributed by atoms with E-state index in [0.29, 0.717) is 22.2 Å². The highest BCUT2D eigenvalue weighted by molar-refractivity contribution is 7.98. The lowest BCUT2D eigenvalue weighted by Crippen LogP contribution is -2.15. The van der Waals surface area contributed by atoms with E-state index in [1.807, 2.05) is 12.1 Å². The Kier molecular flexibility index (Phi) is 5.82. The summed E-state index contributed by atoms with van der Waals surface area (Å²) in [6.07, 6.45) is 1.42. The second kappa shape index (κ2) is 8.45. The number of amides is 2. The molecular formula is C18H16FN5O2S. The lowest BCUT2D eigenvalue weighted by atomic mass is 10.1. The molecule has 0 aliphatic rings. The molecule has 3 rings (SSSR count). The summed E-state index contributed by atoms with van der Waals surface area (Å²) >= 11 is 1.42. The number of aromatic amines is 1. The summed E-state index contributed by atoms with van der Waals surface area (Å²) in [7, 11) is 0. The van der Waals surface area contributed by atoms with E-state index < -0.39 is 11.7 Å². The van der Waals surface area contributed by atoms with Crippen molar-refractivity contribution in [2.45, 2.75) is 17.8 Å². The van der Waals surface area contributed by atoms with Crippen LogP contribution < -0.4 is 10.6 Å². The minimum absolute atomic E-state index is 0.00876. The monoisotopic (exact) mass is 385 g/mol. The smallest absolute Gasteiger partial charge is 0.255 e. The highest BCUT2D eigenvalue weighted by Crippen LogP contribution is 2.23. The third-order valence-corrected chi connectivity index (χ3v) is 4.48. The first-order valence-electron chi connectivity index (χ1n) is 7.97. The van der Waals surface area contributed by atoms with Crippen molar-refractivity contribution in [3.05, 3.63) is 65.7 Å². The quantitative estimate of drug-likeness (QED) is 0.565. The lowest BCUT2D eigenvalue weighted by Gasteiger charge is -2.11. The maximum absolute atomic E-state index is 13.7. The number of rotatable bonds is 6. The van der Waals surface area contributed by atoms with Gasteiger partial charge >= 0.3 is 0 Å². The molecule has 1 heterocycles. The zero-order valence-corrected chi connectivity index (χ0v) is 15.1. The van der Waals surface area contributed by atoms with Crippen LogP contribution in [0, 0.1) is 5.82 Å². The Balaban J connectivity index is 1.75. The summed E-state index contributed by atoms with van der Waals surface area (Å²) in [6.45, 7) is 1.28. The van der Waals surface area contributed by atoms with E-state index in [1.165, 1.54) is 43.2 Å². The van der Waals surface area contributed by atoms with Gasteiger partial charge in [-0.1, -0.05) is 30.0 Å². The minimum atomic E-state index is -0.577. The van der Waals surface area contributed by atoms with E-state index in [0.717, 1.165) is 5.56 Å². The summed E-state index contributed by atoms with van der Waals surface area (Å²) in [5, 5.41) is 12.3. The number of nitrogens with zero attached hydrogens (tertiary/aromatic N) is 2. The molecule has 0 bridgehead atoms. The van der Waals surface area contributed by atoms with Crippen LogP contribution in [-0.2, 0) is 10.5 Å². The fourth-order valence-corrected chi connectivity index (χ4v) is 3.15. The van der Waals surface area contributed by atoms with Gasteiger partial charge in [-0.2, -0.15) is 5.10 Å². The van der Waals surface area contributed by atoms with Gasteiger partial charge in [0.05, 0.1) is 5.69 Å². The third-order valence-electron chi connectivity index (χ3n) is 3.55. The number of carbonyl (C=O) groups is 2. The Bertz CT molecular complexity index is 962. The first-order chi connectivity index (χ1) is 13.0. The zero-order valence-electron chi connectivity index (χ0n) is 14.3. The Morgan fingerprint density at radius 2 is 2.00 bits per heavy atom. The van der Waals surface area contributed by atoms with Crippen molar-refractivity contribution in [2.75, 3.05) is 10.6 Å². The average Bonchev–Trinajstić information content (AvgIpc) is 3.16. The fourth-order valence-electron chi connectivity index (χ4n) is 2.36. The van der Waals surface area contributed by atoms with Gasteiger partial charge in [-0.25, -0.2) is 9.37 Å². The standard InChI is InChI=1S/C18H16FN5O2S/c1-11(25)22-16-8-13(6-7-15(16)19)23-17(26)14-5-3-2-4-12(14)9-27-18-20-10-21-24-18/h2-8,10H,9H2,1H3,(H,22,25)(H,23,26)(H,20,21,24). The topological polar surface area (TPSA) is 99.8 Å². The summed E-state index contributed by atoms with van der Waals surface area (Å²) in [5.74, 6) is -0.775. The number of H-pyrrole nitrogens is 1. The third kappa shape index (κ3) is 4.91. The molecule has 138 valence electrons. The van der Waals surface area contributed by atoms with Gasteiger partial charge in [0.25, 0.3) is 5.91 Å². The molecule has 0 aliphatic heterocycles. The molecule has 9 heteroatoms. The van der Waals surface area contributed by atoms with Crippen molar-refractivity contribution in [1.82, 2.24) is 15.2 Å². The Hall–Kier alpha value is -3.20. The maximum Gasteiger partial charge on any atom is 0.255 e. The molecule has 3 aromatic rings. The van der Waals surface area contributed by atoms with Crippen LogP contribution in [-0.4, -0.2) is 27.0 Å². The van der Waals surface area contributed by atoms with Crippen LogP contribution in [0.3, 0.4) is 0 Å². The Labute approximate surface area is 158 Å². The van der Waals surface area contributed by atoms with Crippen molar-refractivity contribution in [1.29, 1.82) is 0 Å². The number of halogens is 1. The first-order valence-corrected chi connectivity index (χ1v) is 8.96. The molecule has 0 saturated carbocycles. The predicted octanol–water partition coefficient (Wildman–Crippen LogP) is 3.45. The molecule has 0 saturated heterocycles. The van der Waals surface area contributed by atoms with Crippen LogP contribution >= 0.6 is 11.8 Å².